The number of esters is 1. The maximum Gasteiger partial charge on any atom is 0.337 e. The molecule has 3 rings (SSSR count). The number of hydrogen-bond acceptors (Lipinski definition) is 7. The quantitative estimate of drug-likeness (QED) is 0.418. The highest BCUT2D eigenvalue weighted by molar-refractivity contribution is 5.89. The minimum atomic E-state index is -0.368. The average Bonchev–Trinajstić information content (AvgIpc) is 2.77. The zero-order valence-electron chi connectivity index (χ0n) is 16.5. The van der Waals surface area contributed by atoms with Crippen LogP contribution in [-0.2, 0) is 9.47 Å². The predicted octanol–water partition coefficient (Wildman–Crippen LogP) is 4.12. The Kier molecular flexibility index (Phi) is 7.13. The number of aromatic nitrogens is 2. The summed E-state index contributed by atoms with van der Waals surface area (Å²) in [5, 5.41) is 6.52. The van der Waals surface area contributed by atoms with Crippen LogP contribution >= 0.6 is 0 Å². The lowest BCUT2D eigenvalue weighted by Gasteiger charge is -2.12. The Hall–Kier alpha value is -3.45. The number of ether oxygens (including phenoxy) is 2. The molecule has 0 amide bonds. The van der Waals surface area contributed by atoms with E-state index in [1.807, 2.05) is 48.5 Å². The molecule has 7 heteroatoms. The summed E-state index contributed by atoms with van der Waals surface area (Å²) in [7, 11) is 3.04. The smallest absolute Gasteiger partial charge is 0.337 e. The van der Waals surface area contributed by atoms with Crippen LogP contribution in [0.4, 0.5) is 17.5 Å². The van der Waals surface area contributed by atoms with Crippen LogP contribution in [0.15, 0.2) is 60.7 Å². The normalized spacial score (nSPS) is 10.4. The van der Waals surface area contributed by atoms with E-state index in [2.05, 4.69) is 20.6 Å². The average molecular weight is 392 g/mol. The molecule has 7 nitrogen and oxygen atoms in total. The van der Waals surface area contributed by atoms with E-state index in [1.165, 1.54) is 7.11 Å². The van der Waals surface area contributed by atoms with Gasteiger partial charge < -0.3 is 20.1 Å². The first-order valence-corrected chi connectivity index (χ1v) is 9.32. The molecule has 0 atom stereocenters. The third kappa shape index (κ3) is 5.76. The molecule has 0 aliphatic rings. The number of carbonyl (C=O) groups excluding carboxylic acids is 1. The van der Waals surface area contributed by atoms with Gasteiger partial charge in [0.2, 0.25) is 5.95 Å². The Balaban J connectivity index is 1.83. The molecular weight excluding hydrogens is 368 g/mol. The van der Waals surface area contributed by atoms with Gasteiger partial charge in [-0.25, -0.2) is 9.78 Å². The van der Waals surface area contributed by atoms with Crippen LogP contribution in [0.2, 0.25) is 0 Å². The lowest BCUT2D eigenvalue weighted by atomic mass is 10.1. The summed E-state index contributed by atoms with van der Waals surface area (Å²) in [5.41, 5.74) is 3.11. The van der Waals surface area contributed by atoms with E-state index in [1.54, 1.807) is 19.2 Å². The van der Waals surface area contributed by atoms with E-state index in [9.17, 15) is 4.79 Å². The highest BCUT2D eigenvalue weighted by Gasteiger charge is 2.08. The summed E-state index contributed by atoms with van der Waals surface area (Å²) < 4.78 is 9.82. The molecule has 0 aliphatic carbocycles. The highest BCUT2D eigenvalue weighted by atomic mass is 16.5. The topological polar surface area (TPSA) is 85.4 Å². The predicted molar refractivity (Wildman–Crippen MR) is 114 cm³/mol. The highest BCUT2D eigenvalue weighted by Crippen LogP contribution is 2.24. The Morgan fingerprint density at radius 2 is 1.76 bits per heavy atom. The first-order valence-electron chi connectivity index (χ1n) is 9.32. The van der Waals surface area contributed by atoms with Crippen molar-refractivity contribution in [3.05, 3.63) is 66.2 Å². The minimum absolute atomic E-state index is 0.368. The number of nitrogens with zero attached hydrogens (tertiary/aromatic N) is 2. The Morgan fingerprint density at radius 1 is 1.00 bits per heavy atom. The number of methoxy groups -OCH3 is 2. The van der Waals surface area contributed by atoms with Gasteiger partial charge in [0, 0.05) is 37.6 Å². The van der Waals surface area contributed by atoms with Crippen molar-refractivity contribution in [3.8, 4) is 11.3 Å². The second kappa shape index (κ2) is 10.2. The van der Waals surface area contributed by atoms with E-state index in [-0.39, 0.29) is 5.97 Å². The van der Waals surface area contributed by atoms with Crippen molar-refractivity contribution in [1.29, 1.82) is 0 Å². The van der Waals surface area contributed by atoms with Crippen molar-refractivity contribution in [3.63, 3.8) is 0 Å². The van der Waals surface area contributed by atoms with Crippen molar-refractivity contribution in [2.45, 2.75) is 6.42 Å². The van der Waals surface area contributed by atoms with Crippen LogP contribution in [0.25, 0.3) is 11.3 Å². The van der Waals surface area contributed by atoms with Gasteiger partial charge in [-0.3, -0.25) is 0 Å². The van der Waals surface area contributed by atoms with Gasteiger partial charge in [-0.2, -0.15) is 4.98 Å². The van der Waals surface area contributed by atoms with Gasteiger partial charge in [0.15, 0.2) is 0 Å². The van der Waals surface area contributed by atoms with Crippen molar-refractivity contribution >= 4 is 23.4 Å². The van der Waals surface area contributed by atoms with Crippen LogP contribution in [0.1, 0.15) is 16.8 Å². The first-order chi connectivity index (χ1) is 14.2. The molecule has 3 aromatic rings. The van der Waals surface area contributed by atoms with E-state index < -0.39 is 0 Å². The fourth-order valence-electron chi connectivity index (χ4n) is 2.72. The third-order valence-electron chi connectivity index (χ3n) is 4.18. The second-order valence-electron chi connectivity index (χ2n) is 6.30. The molecule has 0 aliphatic heterocycles. The SMILES string of the molecule is COCCCNc1nc(Nc2ccc(C(=O)OC)cc2)cc(-c2ccccc2)n1. The molecule has 2 aromatic carbocycles. The summed E-state index contributed by atoms with van der Waals surface area (Å²) in [6, 6.07) is 18.8. The van der Waals surface area contributed by atoms with Gasteiger partial charge in [-0.05, 0) is 30.7 Å². The van der Waals surface area contributed by atoms with Crippen molar-refractivity contribution < 1.29 is 14.3 Å². The summed E-state index contributed by atoms with van der Waals surface area (Å²) in [6.07, 6.45) is 0.854. The van der Waals surface area contributed by atoms with Crippen LogP contribution in [0, 0.1) is 0 Å². The molecule has 1 aromatic heterocycles. The maximum atomic E-state index is 11.6. The molecule has 0 saturated carbocycles. The van der Waals surface area contributed by atoms with Gasteiger partial charge in [-0.15, -0.1) is 0 Å². The molecule has 0 saturated heterocycles. The van der Waals surface area contributed by atoms with Gasteiger partial charge >= 0.3 is 5.97 Å². The largest absolute Gasteiger partial charge is 0.465 e. The Bertz CT molecular complexity index is 931. The summed E-state index contributed by atoms with van der Waals surface area (Å²) in [6.45, 7) is 1.38. The second-order valence-corrected chi connectivity index (χ2v) is 6.30. The van der Waals surface area contributed by atoms with Crippen molar-refractivity contribution in [2.75, 3.05) is 38.0 Å². The van der Waals surface area contributed by atoms with Crippen molar-refractivity contribution in [1.82, 2.24) is 9.97 Å². The van der Waals surface area contributed by atoms with Crippen LogP contribution < -0.4 is 10.6 Å². The fourth-order valence-corrected chi connectivity index (χ4v) is 2.72. The Morgan fingerprint density at radius 3 is 2.45 bits per heavy atom. The molecule has 2 N–H and O–H groups in total. The zero-order chi connectivity index (χ0) is 20.5. The lowest BCUT2D eigenvalue weighted by Crippen LogP contribution is -2.09. The number of hydrogen-bond donors (Lipinski definition) is 2. The molecule has 0 spiro atoms. The molecular formula is C22H24N4O3. The summed E-state index contributed by atoms with van der Waals surface area (Å²) in [4.78, 5) is 20.8. The molecule has 0 bridgehead atoms. The first kappa shape index (κ1) is 20.3. The van der Waals surface area contributed by atoms with Crippen molar-refractivity contribution in [2.24, 2.45) is 0 Å². The third-order valence-corrected chi connectivity index (χ3v) is 4.18. The number of benzene rings is 2. The maximum absolute atomic E-state index is 11.6. The molecule has 0 unspecified atom stereocenters. The summed E-state index contributed by atoms with van der Waals surface area (Å²) >= 11 is 0. The van der Waals surface area contributed by atoms with E-state index in [0.29, 0.717) is 30.5 Å². The molecule has 0 radical (unpaired) electrons. The number of rotatable bonds is 9. The van der Waals surface area contributed by atoms with E-state index >= 15 is 0 Å². The fraction of sp³-hybridized carbons (Fsp3) is 0.227. The van der Waals surface area contributed by atoms with Crippen LogP contribution in [0.5, 0.6) is 0 Å². The molecule has 1 heterocycles. The van der Waals surface area contributed by atoms with E-state index in [4.69, 9.17) is 9.47 Å². The van der Waals surface area contributed by atoms with Gasteiger partial charge in [0.05, 0.1) is 18.4 Å². The molecule has 150 valence electrons. The van der Waals surface area contributed by atoms with Gasteiger partial charge in [0.1, 0.15) is 5.82 Å². The van der Waals surface area contributed by atoms with Gasteiger partial charge in [0.25, 0.3) is 0 Å². The summed E-state index contributed by atoms with van der Waals surface area (Å²) in [5.74, 6) is 0.822. The van der Waals surface area contributed by atoms with Crippen LogP contribution in [0.3, 0.4) is 0 Å². The Labute approximate surface area is 170 Å². The molecule has 0 fully saturated rings. The monoisotopic (exact) mass is 392 g/mol. The number of anilines is 3. The molecule has 29 heavy (non-hydrogen) atoms. The standard InChI is InChI=1S/C22H24N4O3/c1-28-14-6-13-23-22-25-19(16-7-4-3-5-8-16)15-20(26-22)24-18-11-9-17(10-12-18)21(27)29-2/h3-5,7-12,15H,6,13-14H2,1-2H3,(H2,23,24,25,26). The van der Waals surface area contributed by atoms with Crippen LogP contribution in [-0.4, -0.2) is 43.3 Å². The minimum Gasteiger partial charge on any atom is -0.465 e. The number of nitrogens with one attached hydrogen (secondary N) is 2. The van der Waals surface area contributed by atoms with Gasteiger partial charge in [-0.1, -0.05) is 30.3 Å². The number of carbonyl (C=O) groups is 1. The lowest BCUT2D eigenvalue weighted by molar-refractivity contribution is 0.0601. The van der Waals surface area contributed by atoms with E-state index in [0.717, 1.165) is 23.4 Å². The zero-order valence-corrected chi connectivity index (χ0v) is 16.5.